The largest absolute Gasteiger partial charge is 0.354 e. The standard InChI is InChI=1S/C18H10ClNS/c19-10-5-6-13-12(9-10)17-14(20-13)7-8-16-18(17)11-3-1-2-4-15(11)21-16/h1-9,20H/i1D,4D,6D,7D,8D,9D. The van der Waals surface area contributed by atoms with Gasteiger partial charge in [0.15, 0.2) is 0 Å². The first-order valence-corrected chi connectivity index (χ1v) is 7.52. The molecule has 0 saturated carbocycles. The molecule has 0 aliphatic heterocycles. The van der Waals surface area contributed by atoms with Gasteiger partial charge in [0.2, 0.25) is 0 Å². The first-order valence-electron chi connectivity index (χ1n) is 9.33. The number of thiophene rings is 1. The van der Waals surface area contributed by atoms with Crippen LogP contribution in [0.2, 0.25) is 5.02 Å². The smallest absolute Gasteiger partial charge is 0.0646 e. The molecule has 0 fully saturated rings. The molecule has 100 valence electrons. The molecule has 0 atom stereocenters. The second kappa shape index (κ2) is 4.00. The van der Waals surface area contributed by atoms with Gasteiger partial charge < -0.3 is 4.98 Å². The molecule has 0 spiro atoms. The SMILES string of the molecule is [2H]c1cc([2H])c2sc3c([2H])c([2H])c4[nH]c5c([2H])cc(Cl)c([2H])c5c4c3c2c1. The first kappa shape index (κ1) is 7.30. The lowest BCUT2D eigenvalue weighted by atomic mass is 10.1. The summed E-state index contributed by atoms with van der Waals surface area (Å²) in [6, 6.07) is 5.04. The van der Waals surface area contributed by atoms with Crippen molar-refractivity contribution in [3.63, 3.8) is 0 Å². The van der Waals surface area contributed by atoms with Gasteiger partial charge in [-0.05, 0) is 36.3 Å². The summed E-state index contributed by atoms with van der Waals surface area (Å²) in [4.78, 5) is 3.04. The molecule has 0 amide bonds. The Labute approximate surface area is 138 Å². The molecule has 2 heterocycles. The summed E-state index contributed by atoms with van der Waals surface area (Å²) in [6.45, 7) is 0. The van der Waals surface area contributed by atoms with Crippen LogP contribution in [0.25, 0.3) is 42.0 Å². The van der Waals surface area contributed by atoms with Crippen LogP contribution in [0.1, 0.15) is 8.22 Å². The Kier molecular flexibility index (Phi) is 1.39. The molecular formula is C18H10ClNS. The summed E-state index contributed by atoms with van der Waals surface area (Å²) in [6.07, 6.45) is 0. The molecule has 0 bridgehead atoms. The number of aromatic nitrogens is 1. The van der Waals surface area contributed by atoms with Crippen molar-refractivity contribution in [2.45, 2.75) is 0 Å². The van der Waals surface area contributed by atoms with Crippen LogP contribution in [0.4, 0.5) is 0 Å². The molecule has 3 aromatic carbocycles. The van der Waals surface area contributed by atoms with E-state index in [9.17, 15) is 0 Å². The minimum Gasteiger partial charge on any atom is -0.354 e. The van der Waals surface area contributed by atoms with Crippen LogP contribution in [-0.2, 0) is 0 Å². The first-order chi connectivity index (χ1) is 12.8. The van der Waals surface area contributed by atoms with Crippen LogP contribution in [0.3, 0.4) is 0 Å². The number of hydrogen-bond donors (Lipinski definition) is 1. The molecule has 0 aliphatic rings. The normalized spacial score (nSPS) is 16.0. The summed E-state index contributed by atoms with van der Waals surface area (Å²) in [7, 11) is 0. The van der Waals surface area contributed by atoms with Crippen molar-refractivity contribution in [1.82, 2.24) is 4.98 Å². The summed E-state index contributed by atoms with van der Waals surface area (Å²) >= 11 is 7.40. The van der Waals surface area contributed by atoms with E-state index < -0.39 is 0 Å². The molecule has 1 nitrogen and oxygen atoms in total. The van der Waals surface area contributed by atoms with Gasteiger partial charge in [-0.1, -0.05) is 29.8 Å². The van der Waals surface area contributed by atoms with Gasteiger partial charge in [0.25, 0.3) is 0 Å². The third-order valence-corrected chi connectivity index (χ3v) is 4.85. The van der Waals surface area contributed by atoms with E-state index in [0.29, 0.717) is 42.0 Å². The maximum absolute atomic E-state index is 8.43. The fourth-order valence-electron chi connectivity index (χ4n) is 2.74. The number of nitrogens with one attached hydrogen (secondary N) is 1. The van der Waals surface area contributed by atoms with Crippen LogP contribution in [-0.4, -0.2) is 4.98 Å². The van der Waals surface area contributed by atoms with Crippen LogP contribution in [0.15, 0.2) is 54.5 Å². The molecule has 0 radical (unpaired) electrons. The van der Waals surface area contributed by atoms with Gasteiger partial charge in [-0.15, -0.1) is 11.3 Å². The zero-order valence-electron chi connectivity index (χ0n) is 16.5. The van der Waals surface area contributed by atoms with E-state index in [0.717, 1.165) is 0 Å². The fourth-order valence-corrected chi connectivity index (χ4v) is 3.90. The van der Waals surface area contributed by atoms with Crippen LogP contribution < -0.4 is 0 Å². The summed E-state index contributed by atoms with van der Waals surface area (Å²) < 4.78 is 50.8. The van der Waals surface area contributed by atoms with E-state index in [4.69, 9.17) is 19.8 Å². The zero-order valence-corrected chi connectivity index (χ0v) is 12.1. The summed E-state index contributed by atoms with van der Waals surface area (Å²) in [5, 5.41) is 2.42. The maximum Gasteiger partial charge on any atom is 0.0646 e. The molecule has 2 aromatic heterocycles. The topological polar surface area (TPSA) is 15.8 Å². The van der Waals surface area contributed by atoms with Crippen LogP contribution >= 0.6 is 22.9 Å². The fraction of sp³-hybridized carbons (Fsp3) is 0. The van der Waals surface area contributed by atoms with E-state index in [1.807, 2.05) is 0 Å². The Morgan fingerprint density at radius 3 is 2.86 bits per heavy atom. The van der Waals surface area contributed by atoms with Crippen molar-refractivity contribution in [2.24, 2.45) is 0 Å². The minimum atomic E-state index is -0.0205. The van der Waals surface area contributed by atoms with Crippen molar-refractivity contribution in [1.29, 1.82) is 0 Å². The van der Waals surface area contributed by atoms with Crippen molar-refractivity contribution in [3.05, 3.63) is 59.5 Å². The van der Waals surface area contributed by atoms with E-state index in [-0.39, 0.29) is 41.3 Å². The molecule has 5 rings (SSSR count). The van der Waals surface area contributed by atoms with Gasteiger partial charge in [0, 0.05) is 47.0 Å². The van der Waals surface area contributed by atoms with Gasteiger partial charge in [-0.2, -0.15) is 0 Å². The number of fused-ring (bicyclic) bond motifs is 7. The molecule has 21 heavy (non-hydrogen) atoms. The molecule has 0 saturated heterocycles. The highest BCUT2D eigenvalue weighted by Gasteiger charge is 2.12. The van der Waals surface area contributed by atoms with Gasteiger partial charge in [0.1, 0.15) is 0 Å². The van der Waals surface area contributed by atoms with Crippen LogP contribution in [0, 0.1) is 0 Å². The highest BCUT2D eigenvalue weighted by atomic mass is 35.5. The van der Waals surface area contributed by atoms with Crippen molar-refractivity contribution >= 4 is 64.9 Å². The van der Waals surface area contributed by atoms with E-state index in [1.54, 1.807) is 6.07 Å². The maximum atomic E-state index is 8.43. The lowest BCUT2D eigenvalue weighted by Gasteiger charge is -1.97. The quantitative estimate of drug-likeness (QED) is 0.343. The molecule has 3 heteroatoms. The number of aromatic amines is 1. The Morgan fingerprint density at radius 1 is 0.952 bits per heavy atom. The van der Waals surface area contributed by atoms with E-state index in [1.165, 1.54) is 23.5 Å². The van der Waals surface area contributed by atoms with Crippen molar-refractivity contribution in [2.75, 3.05) is 0 Å². The monoisotopic (exact) mass is 313 g/mol. The highest BCUT2D eigenvalue weighted by Crippen LogP contribution is 2.41. The van der Waals surface area contributed by atoms with Gasteiger partial charge in [0.05, 0.1) is 8.22 Å². The molecule has 0 aliphatic carbocycles. The number of rotatable bonds is 0. The Hall–Kier alpha value is -2.03. The predicted octanol–water partition coefficient (Wildman–Crippen LogP) is 6.34. The molecular weight excluding hydrogens is 298 g/mol. The van der Waals surface area contributed by atoms with E-state index >= 15 is 0 Å². The Bertz CT molecular complexity index is 1450. The second-order valence-corrected chi connectivity index (χ2v) is 6.21. The average Bonchev–Trinajstić information content (AvgIpc) is 3.17. The molecule has 1 N–H and O–H groups in total. The van der Waals surface area contributed by atoms with Gasteiger partial charge in [-0.3, -0.25) is 0 Å². The summed E-state index contributed by atoms with van der Waals surface area (Å²) in [5.74, 6) is 0. The van der Waals surface area contributed by atoms with E-state index in [2.05, 4.69) is 4.98 Å². The number of benzene rings is 3. The van der Waals surface area contributed by atoms with Crippen molar-refractivity contribution in [3.8, 4) is 0 Å². The minimum absolute atomic E-state index is 0.0205. The van der Waals surface area contributed by atoms with Crippen LogP contribution in [0.5, 0.6) is 0 Å². The lowest BCUT2D eigenvalue weighted by molar-refractivity contribution is 1.55. The molecule has 0 unspecified atom stereocenters. The highest BCUT2D eigenvalue weighted by molar-refractivity contribution is 7.26. The number of hydrogen-bond acceptors (Lipinski definition) is 1. The predicted molar refractivity (Wildman–Crippen MR) is 93.7 cm³/mol. The number of H-pyrrole nitrogens is 1. The molecule has 5 aromatic rings. The Balaban J connectivity index is 2.23. The third-order valence-electron chi connectivity index (χ3n) is 3.60. The van der Waals surface area contributed by atoms with Gasteiger partial charge in [-0.25, -0.2) is 0 Å². The average molecular weight is 314 g/mol. The second-order valence-electron chi connectivity index (χ2n) is 4.79. The number of halogens is 1. The Morgan fingerprint density at radius 2 is 1.90 bits per heavy atom. The summed E-state index contributed by atoms with van der Waals surface area (Å²) in [5.41, 5.74) is 0.764. The third kappa shape index (κ3) is 1.52. The lowest BCUT2D eigenvalue weighted by Crippen LogP contribution is -1.71. The zero-order chi connectivity index (χ0) is 19.2. The van der Waals surface area contributed by atoms with Gasteiger partial charge >= 0.3 is 0 Å². The van der Waals surface area contributed by atoms with Crippen molar-refractivity contribution < 1.29 is 8.22 Å².